The van der Waals surface area contributed by atoms with Gasteiger partial charge >= 0.3 is 5.97 Å². The fourth-order valence-corrected chi connectivity index (χ4v) is 1.43. The summed E-state index contributed by atoms with van der Waals surface area (Å²) < 4.78 is 0. The molecule has 0 heterocycles. The van der Waals surface area contributed by atoms with Gasteiger partial charge in [-0.15, -0.1) is 0 Å². The second-order valence-electron chi connectivity index (χ2n) is 3.12. The van der Waals surface area contributed by atoms with Gasteiger partial charge in [0.05, 0.1) is 0 Å². The maximum absolute atomic E-state index is 11.2. The molecule has 1 amide bonds. The van der Waals surface area contributed by atoms with Crippen LogP contribution in [0, 0.1) is 0 Å². The molecule has 0 spiro atoms. The SMILES string of the molecule is CC.O=C(O)CCCCCNC(=O)C(Br)CBr. The number of halogens is 2. The van der Waals surface area contributed by atoms with Crippen LogP contribution in [0.5, 0.6) is 0 Å². The fourth-order valence-electron chi connectivity index (χ4n) is 0.970. The van der Waals surface area contributed by atoms with E-state index in [0.717, 1.165) is 12.8 Å². The average Bonchev–Trinajstić information content (AvgIpc) is 2.34. The highest BCUT2D eigenvalue weighted by Gasteiger charge is 2.11. The van der Waals surface area contributed by atoms with Gasteiger partial charge in [0.2, 0.25) is 5.91 Å². The maximum Gasteiger partial charge on any atom is 0.303 e. The van der Waals surface area contributed by atoms with Gasteiger partial charge in [0, 0.05) is 18.3 Å². The van der Waals surface area contributed by atoms with E-state index in [1.807, 2.05) is 13.8 Å². The molecule has 2 N–H and O–H groups in total. The molecule has 0 aromatic heterocycles. The van der Waals surface area contributed by atoms with Crippen molar-refractivity contribution in [2.75, 3.05) is 11.9 Å². The van der Waals surface area contributed by atoms with Crippen LogP contribution >= 0.6 is 31.9 Å². The van der Waals surface area contributed by atoms with E-state index in [1.54, 1.807) is 0 Å². The second-order valence-corrected chi connectivity index (χ2v) is 4.87. The standard InChI is InChI=1S/C9H15Br2NO3.C2H6/c10-6-7(11)9(15)12-5-3-1-2-4-8(13)14;1-2/h7H,1-6H2,(H,12,15)(H,13,14);1-2H3. The van der Waals surface area contributed by atoms with Crippen LogP contribution in [0.3, 0.4) is 0 Å². The predicted molar refractivity (Wildman–Crippen MR) is 77.0 cm³/mol. The van der Waals surface area contributed by atoms with Gasteiger partial charge in [0.25, 0.3) is 0 Å². The molecule has 6 heteroatoms. The number of hydrogen-bond donors (Lipinski definition) is 2. The minimum atomic E-state index is -0.765. The summed E-state index contributed by atoms with van der Waals surface area (Å²) in [6.45, 7) is 4.60. The Morgan fingerprint density at radius 3 is 2.29 bits per heavy atom. The number of carbonyl (C=O) groups is 2. The first-order valence-corrected chi connectivity index (χ1v) is 7.81. The van der Waals surface area contributed by atoms with E-state index in [0.29, 0.717) is 18.3 Å². The minimum absolute atomic E-state index is 0.0369. The van der Waals surface area contributed by atoms with Crippen LogP contribution in [0.25, 0.3) is 0 Å². The zero-order chi connectivity index (χ0) is 13.7. The summed E-state index contributed by atoms with van der Waals surface area (Å²) >= 11 is 6.40. The first kappa shape index (κ1) is 19.2. The van der Waals surface area contributed by atoms with Crippen molar-refractivity contribution in [1.29, 1.82) is 0 Å². The summed E-state index contributed by atoms with van der Waals surface area (Å²) in [7, 11) is 0. The number of amides is 1. The lowest BCUT2D eigenvalue weighted by atomic mass is 10.2. The molecule has 0 fully saturated rings. The fraction of sp³-hybridized carbons (Fsp3) is 0.818. The molecule has 0 saturated heterocycles. The lowest BCUT2D eigenvalue weighted by Crippen LogP contribution is -2.32. The molecule has 1 unspecified atom stereocenters. The highest BCUT2D eigenvalue weighted by Crippen LogP contribution is 2.03. The average molecular weight is 375 g/mol. The van der Waals surface area contributed by atoms with E-state index in [4.69, 9.17) is 5.11 Å². The third-order valence-corrected chi connectivity index (χ3v) is 4.04. The number of aliphatic carboxylic acids is 1. The Bertz CT molecular complexity index is 213. The number of carboxylic acid groups (broad SMARTS) is 1. The number of alkyl halides is 2. The maximum atomic E-state index is 11.2. The van der Waals surface area contributed by atoms with Crippen LogP contribution in [-0.4, -0.2) is 33.7 Å². The van der Waals surface area contributed by atoms with Gasteiger partial charge in [0.15, 0.2) is 0 Å². The van der Waals surface area contributed by atoms with Crippen molar-refractivity contribution in [3.05, 3.63) is 0 Å². The molecule has 4 nitrogen and oxygen atoms in total. The van der Waals surface area contributed by atoms with Crippen LogP contribution in [0.1, 0.15) is 39.5 Å². The van der Waals surface area contributed by atoms with Crippen LogP contribution in [-0.2, 0) is 9.59 Å². The molecule has 0 aliphatic rings. The van der Waals surface area contributed by atoms with Crippen molar-refractivity contribution in [3.8, 4) is 0 Å². The van der Waals surface area contributed by atoms with Crippen molar-refractivity contribution in [3.63, 3.8) is 0 Å². The van der Waals surface area contributed by atoms with Gasteiger partial charge in [-0.2, -0.15) is 0 Å². The Balaban J connectivity index is 0. The third-order valence-electron chi connectivity index (χ3n) is 1.79. The Hall–Kier alpha value is -0.100. The zero-order valence-corrected chi connectivity index (χ0v) is 13.5. The quantitative estimate of drug-likeness (QED) is 0.507. The summed E-state index contributed by atoms with van der Waals surface area (Å²) in [6, 6.07) is 0. The van der Waals surface area contributed by atoms with E-state index >= 15 is 0 Å². The van der Waals surface area contributed by atoms with E-state index in [9.17, 15) is 9.59 Å². The van der Waals surface area contributed by atoms with Crippen LogP contribution in [0.15, 0.2) is 0 Å². The summed E-state index contributed by atoms with van der Waals surface area (Å²) in [5.74, 6) is -0.802. The van der Waals surface area contributed by atoms with E-state index in [-0.39, 0.29) is 17.2 Å². The van der Waals surface area contributed by atoms with Crippen molar-refractivity contribution < 1.29 is 14.7 Å². The predicted octanol–water partition coefficient (Wildman–Crippen LogP) is 2.93. The van der Waals surface area contributed by atoms with E-state index in [2.05, 4.69) is 37.2 Å². The van der Waals surface area contributed by atoms with Crippen LogP contribution in [0.4, 0.5) is 0 Å². The molecule has 0 aliphatic heterocycles. The number of nitrogens with one attached hydrogen (secondary N) is 1. The Morgan fingerprint density at radius 2 is 1.82 bits per heavy atom. The van der Waals surface area contributed by atoms with Gasteiger partial charge in [-0.3, -0.25) is 9.59 Å². The highest BCUT2D eigenvalue weighted by molar-refractivity contribution is 9.12. The molecule has 0 aromatic rings. The van der Waals surface area contributed by atoms with Crippen molar-refractivity contribution in [1.82, 2.24) is 5.32 Å². The first-order valence-electron chi connectivity index (χ1n) is 5.77. The minimum Gasteiger partial charge on any atom is -0.481 e. The molecule has 102 valence electrons. The van der Waals surface area contributed by atoms with Crippen molar-refractivity contribution in [2.45, 2.75) is 44.4 Å². The number of hydrogen-bond acceptors (Lipinski definition) is 2. The summed E-state index contributed by atoms with van der Waals surface area (Å²) in [4.78, 5) is 21.2. The van der Waals surface area contributed by atoms with Gasteiger partial charge < -0.3 is 10.4 Å². The van der Waals surface area contributed by atoms with E-state index in [1.165, 1.54) is 0 Å². The van der Waals surface area contributed by atoms with Crippen LogP contribution < -0.4 is 5.32 Å². The number of rotatable bonds is 8. The molecule has 1 atom stereocenters. The molecular weight excluding hydrogens is 354 g/mol. The van der Waals surface area contributed by atoms with Crippen molar-refractivity contribution >= 4 is 43.7 Å². The summed E-state index contributed by atoms with van der Waals surface area (Å²) in [6.07, 6.45) is 2.52. The molecular formula is C11H21Br2NO3. The van der Waals surface area contributed by atoms with E-state index < -0.39 is 5.97 Å². The van der Waals surface area contributed by atoms with Gasteiger partial charge in [-0.05, 0) is 12.8 Å². The summed E-state index contributed by atoms with van der Waals surface area (Å²) in [5.41, 5.74) is 0. The Labute approximate surface area is 120 Å². The zero-order valence-electron chi connectivity index (χ0n) is 10.3. The second kappa shape index (κ2) is 14.0. The van der Waals surface area contributed by atoms with Crippen LogP contribution in [0.2, 0.25) is 0 Å². The smallest absolute Gasteiger partial charge is 0.303 e. The topological polar surface area (TPSA) is 66.4 Å². The third kappa shape index (κ3) is 13.8. The molecule has 17 heavy (non-hydrogen) atoms. The molecule has 0 rings (SSSR count). The Morgan fingerprint density at radius 1 is 1.24 bits per heavy atom. The molecule has 0 radical (unpaired) electrons. The van der Waals surface area contributed by atoms with Gasteiger partial charge in [-0.25, -0.2) is 0 Å². The molecule has 0 aromatic carbocycles. The molecule has 0 bridgehead atoms. The normalized spacial score (nSPS) is 11.1. The lowest BCUT2D eigenvalue weighted by molar-refractivity contribution is -0.137. The number of carboxylic acids is 1. The molecule has 0 saturated carbocycles. The van der Waals surface area contributed by atoms with Crippen molar-refractivity contribution in [2.24, 2.45) is 0 Å². The Kier molecular flexibility index (Phi) is 15.8. The first-order chi connectivity index (χ1) is 8.07. The summed E-state index contributed by atoms with van der Waals surface area (Å²) in [5, 5.41) is 11.7. The number of unbranched alkanes of at least 4 members (excludes halogenated alkanes) is 2. The number of carbonyl (C=O) groups excluding carboxylic acids is 1. The lowest BCUT2D eigenvalue weighted by Gasteiger charge is -2.07. The monoisotopic (exact) mass is 373 g/mol. The van der Waals surface area contributed by atoms with Gasteiger partial charge in [-0.1, -0.05) is 52.1 Å². The molecule has 0 aliphatic carbocycles. The highest BCUT2D eigenvalue weighted by atomic mass is 79.9. The largest absolute Gasteiger partial charge is 0.481 e. The van der Waals surface area contributed by atoms with Gasteiger partial charge in [0.1, 0.15) is 4.83 Å².